The van der Waals surface area contributed by atoms with Crippen LogP contribution in [0.5, 0.6) is 0 Å². The Morgan fingerprint density at radius 3 is 2.50 bits per heavy atom. The summed E-state index contributed by atoms with van der Waals surface area (Å²) in [6, 6.07) is 6.30. The molecule has 0 amide bonds. The van der Waals surface area contributed by atoms with Crippen molar-refractivity contribution in [3.05, 3.63) is 46.3 Å². The lowest BCUT2D eigenvalue weighted by molar-refractivity contribution is 0.825. The van der Waals surface area contributed by atoms with Gasteiger partial charge >= 0.3 is 0 Å². The molecule has 2 rings (SSSR count). The van der Waals surface area contributed by atoms with Gasteiger partial charge in [-0.3, -0.25) is 0 Å². The summed E-state index contributed by atoms with van der Waals surface area (Å²) in [7, 11) is 0. The van der Waals surface area contributed by atoms with Crippen LogP contribution < -0.4 is 0 Å². The SMILES string of the molecule is CCc1c(C)nn(-c2cc(CCl)ccc2C)c1C. The van der Waals surface area contributed by atoms with Crippen LogP contribution in [0.4, 0.5) is 0 Å². The summed E-state index contributed by atoms with van der Waals surface area (Å²) < 4.78 is 2.04. The van der Waals surface area contributed by atoms with E-state index in [1.807, 2.05) is 4.68 Å². The van der Waals surface area contributed by atoms with Crippen LogP contribution in [-0.4, -0.2) is 9.78 Å². The molecule has 2 nitrogen and oxygen atoms in total. The van der Waals surface area contributed by atoms with Crippen molar-refractivity contribution in [3.8, 4) is 5.69 Å². The molecule has 1 aromatic carbocycles. The van der Waals surface area contributed by atoms with Gasteiger partial charge in [-0.1, -0.05) is 19.1 Å². The van der Waals surface area contributed by atoms with Gasteiger partial charge in [-0.2, -0.15) is 5.10 Å². The smallest absolute Gasteiger partial charge is 0.0681 e. The Morgan fingerprint density at radius 2 is 1.94 bits per heavy atom. The second kappa shape index (κ2) is 5.15. The zero-order valence-corrected chi connectivity index (χ0v) is 12.2. The van der Waals surface area contributed by atoms with Crippen LogP contribution in [0, 0.1) is 20.8 Å². The number of rotatable bonds is 3. The topological polar surface area (TPSA) is 17.8 Å². The summed E-state index contributed by atoms with van der Waals surface area (Å²) >= 11 is 5.91. The van der Waals surface area contributed by atoms with E-state index < -0.39 is 0 Å². The molecule has 0 N–H and O–H groups in total. The van der Waals surface area contributed by atoms with E-state index >= 15 is 0 Å². The predicted molar refractivity (Wildman–Crippen MR) is 76.7 cm³/mol. The van der Waals surface area contributed by atoms with E-state index in [4.69, 9.17) is 11.6 Å². The molecule has 1 aromatic heterocycles. The van der Waals surface area contributed by atoms with Crippen molar-refractivity contribution >= 4 is 11.6 Å². The summed E-state index contributed by atoms with van der Waals surface area (Å²) in [4.78, 5) is 0. The molecule has 0 aliphatic rings. The van der Waals surface area contributed by atoms with Crippen molar-refractivity contribution in [2.75, 3.05) is 0 Å². The third-order valence-corrected chi connectivity index (χ3v) is 3.76. The zero-order chi connectivity index (χ0) is 13.3. The molecule has 0 fully saturated rings. The first-order valence-corrected chi connectivity index (χ1v) is 6.82. The highest BCUT2D eigenvalue weighted by Crippen LogP contribution is 2.22. The number of alkyl halides is 1. The molecule has 0 unspecified atom stereocenters. The average Bonchev–Trinajstić information content (AvgIpc) is 2.65. The first-order valence-electron chi connectivity index (χ1n) is 6.29. The Bertz CT molecular complexity index is 570. The van der Waals surface area contributed by atoms with Crippen LogP contribution >= 0.6 is 11.6 Å². The minimum atomic E-state index is 0.535. The molecule has 0 radical (unpaired) electrons. The Kier molecular flexibility index (Phi) is 3.76. The van der Waals surface area contributed by atoms with Gasteiger partial charge in [0.25, 0.3) is 0 Å². The number of nitrogens with zero attached hydrogens (tertiary/aromatic N) is 2. The van der Waals surface area contributed by atoms with Crippen molar-refractivity contribution in [2.24, 2.45) is 0 Å². The zero-order valence-electron chi connectivity index (χ0n) is 11.4. The van der Waals surface area contributed by atoms with E-state index in [0.717, 1.165) is 23.4 Å². The van der Waals surface area contributed by atoms with E-state index in [0.29, 0.717) is 5.88 Å². The lowest BCUT2D eigenvalue weighted by atomic mass is 10.1. The molecule has 0 aliphatic carbocycles. The molecule has 2 aromatic rings. The Morgan fingerprint density at radius 1 is 1.22 bits per heavy atom. The maximum atomic E-state index is 5.91. The number of benzene rings is 1. The minimum Gasteiger partial charge on any atom is -0.237 e. The van der Waals surface area contributed by atoms with Crippen LogP contribution in [-0.2, 0) is 12.3 Å². The van der Waals surface area contributed by atoms with Gasteiger partial charge in [-0.05, 0) is 49.9 Å². The maximum absolute atomic E-state index is 5.91. The Balaban J connectivity index is 2.61. The third-order valence-electron chi connectivity index (χ3n) is 3.45. The average molecular weight is 263 g/mol. The highest BCUT2D eigenvalue weighted by molar-refractivity contribution is 6.17. The maximum Gasteiger partial charge on any atom is 0.0681 e. The second-order valence-electron chi connectivity index (χ2n) is 4.67. The van der Waals surface area contributed by atoms with Crippen molar-refractivity contribution in [1.82, 2.24) is 9.78 Å². The van der Waals surface area contributed by atoms with E-state index in [9.17, 15) is 0 Å². The van der Waals surface area contributed by atoms with Gasteiger partial charge in [-0.25, -0.2) is 4.68 Å². The second-order valence-corrected chi connectivity index (χ2v) is 4.94. The van der Waals surface area contributed by atoms with Crippen LogP contribution in [0.2, 0.25) is 0 Å². The summed E-state index contributed by atoms with van der Waals surface area (Å²) in [5.41, 5.74) is 7.16. The fourth-order valence-corrected chi connectivity index (χ4v) is 2.55. The third kappa shape index (κ3) is 2.17. The molecule has 0 aliphatic heterocycles. The molecule has 18 heavy (non-hydrogen) atoms. The normalized spacial score (nSPS) is 10.9. The van der Waals surface area contributed by atoms with Crippen molar-refractivity contribution in [1.29, 1.82) is 0 Å². The van der Waals surface area contributed by atoms with Gasteiger partial charge in [0.15, 0.2) is 0 Å². The summed E-state index contributed by atoms with van der Waals surface area (Å²) in [5.74, 6) is 0.535. The van der Waals surface area contributed by atoms with E-state index in [1.54, 1.807) is 0 Å². The Hall–Kier alpha value is -1.28. The van der Waals surface area contributed by atoms with Gasteiger partial charge in [0.2, 0.25) is 0 Å². The lowest BCUT2D eigenvalue weighted by Gasteiger charge is -2.10. The number of hydrogen-bond donors (Lipinski definition) is 0. The fourth-order valence-electron chi connectivity index (χ4n) is 2.39. The van der Waals surface area contributed by atoms with Crippen molar-refractivity contribution < 1.29 is 0 Å². The fraction of sp³-hybridized carbons (Fsp3) is 0.400. The van der Waals surface area contributed by atoms with Gasteiger partial charge in [-0.15, -0.1) is 11.6 Å². The van der Waals surface area contributed by atoms with Crippen molar-refractivity contribution in [3.63, 3.8) is 0 Å². The predicted octanol–water partition coefficient (Wildman–Crippen LogP) is 4.10. The molecule has 1 heterocycles. The van der Waals surface area contributed by atoms with Crippen LogP contribution in [0.3, 0.4) is 0 Å². The van der Waals surface area contributed by atoms with E-state index in [2.05, 4.69) is 51.0 Å². The molecular weight excluding hydrogens is 244 g/mol. The minimum absolute atomic E-state index is 0.535. The van der Waals surface area contributed by atoms with Crippen molar-refractivity contribution in [2.45, 2.75) is 40.0 Å². The Labute approximate surface area is 114 Å². The highest BCUT2D eigenvalue weighted by Gasteiger charge is 2.12. The monoisotopic (exact) mass is 262 g/mol. The molecule has 0 bridgehead atoms. The quantitative estimate of drug-likeness (QED) is 0.762. The van der Waals surface area contributed by atoms with Gasteiger partial charge in [0.05, 0.1) is 11.4 Å². The van der Waals surface area contributed by atoms with Gasteiger partial charge in [0, 0.05) is 11.6 Å². The van der Waals surface area contributed by atoms with E-state index in [1.165, 1.54) is 16.8 Å². The number of aryl methyl sites for hydroxylation is 2. The largest absolute Gasteiger partial charge is 0.237 e. The number of hydrogen-bond acceptors (Lipinski definition) is 1. The first-order chi connectivity index (χ1) is 8.58. The number of halogens is 1. The standard InChI is InChI=1S/C15H19ClN2/c1-5-14-11(3)17-18(12(14)4)15-8-13(9-16)7-6-10(15)2/h6-8H,5,9H2,1-4H3. The molecule has 3 heteroatoms. The van der Waals surface area contributed by atoms with Crippen LogP contribution in [0.25, 0.3) is 5.69 Å². The first kappa shape index (κ1) is 13.2. The highest BCUT2D eigenvalue weighted by atomic mass is 35.5. The van der Waals surface area contributed by atoms with Crippen LogP contribution in [0.15, 0.2) is 18.2 Å². The van der Waals surface area contributed by atoms with Crippen LogP contribution in [0.1, 0.15) is 35.0 Å². The van der Waals surface area contributed by atoms with Gasteiger partial charge < -0.3 is 0 Å². The molecule has 0 saturated heterocycles. The summed E-state index contributed by atoms with van der Waals surface area (Å²) in [6.45, 7) is 8.48. The summed E-state index contributed by atoms with van der Waals surface area (Å²) in [5, 5.41) is 4.66. The molecule has 96 valence electrons. The molecular formula is C15H19ClN2. The number of aromatic nitrogens is 2. The van der Waals surface area contributed by atoms with E-state index in [-0.39, 0.29) is 0 Å². The molecule has 0 atom stereocenters. The molecule has 0 spiro atoms. The lowest BCUT2D eigenvalue weighted by Crippen LogP contribution is -2.02. The summed E-state index contributed by atoms with van der Waals surface area (Å²) in [6.07, 6.45) is 1.02. The van der Waals surface area contributed by atoms with Gasteiger partial charge in [0.1, 0.15) is 0 Å². The molecule has 0 saturated carbocycles.